The van der Waals surface area contributed by atoms with Crippen LogP contribution in [0.1, 0.15) is 13.3 Å². The van der Waals surface area contributed by atoms with Crippen molar-refractivity contribution in [2.24, 2.45) is 0 Å². The van der Waals surface area contributed by atoms with Crippen LogP contribution in [-0.2, 0) is 4.74 Å². The Bertz CT molecular complexity index is 1130. The van der Waals surface area contributed by atoms with Crippen molar-refractivity contribution in [3.8, 4) is 22.9 Å². The Morgan fingerprint density at radius 2 is 1.68 bits per heavy atom. The van der Waals surface area contributed by atoms with Crippen molar-refractivity contribution in [1.29, 1.82) is 0 Å². The number of benzene rings is 1. The summed E-state index contributed by atoms with van der Waals surface area (Å²) >= 11 is 19.4. The van der Waals surface area contributed by atoms with E-state index in [2.05, 4.69) is 21.8 Å². The second-order valence-corrected chi connectivity index (χ2v) is 8.65. The summed E-state index contributed by atoms with van der Waals surface area (Å²) in [5.74, 6) is 1.86. The predicted octanol–water partition coefficient (Wildman–Crippen LogP) is 5.28. The van der Waals surface area contributed by atoms with E-state index in [0.717, 1.165) is 18.4 Å². The average Bonchev–Trinajstić information content (AvgIpc) is 3.16. The van der Waals surface area contributed by atoms with Crippen molar-refractivity contribution in [3.05, 3.63) is 33.5 Å². The quantitative estimate of drug-likeness (QED) is 0.457. The minimum absolute atomic E-state index is 0.275. The van der Waals surface area contributed by atoms with Crippen LogP contribution < -0.4 is 14.4 Å². The Balaban J connectivity index is 1.97. The molecule has 2 aromatic heterocycles. The van der Waals surface area contributed by atoms with Gasteiger partial charge in [-0.15, -0.1) is 0 Å². The molecule has 1 aliphatic heterocycles. The van der Waals surface area contributed by atoms with Gasteiger partial charge >= 0.3 is 0 Å². The van der Waals surface area contributed by atoms with Crippen LogP contribution >= 0.6 is 34.8 Å². The molecule has 1 aromatic carbocycles. The first kappa shape index (κ1) is 22.1. The number of pyridine rings is 1. The number of rotatable bonds is 5. The number of halogens is 3. The molecule has 1 unspecified atom stereocenters. The van der Waals surface area contributed by atoms with E-state index in [1.807, 2.05) is 0 Å². The molecule has 0 aliphatic carbocycles. The number of fused-ring (bicyclic) bond motifs is 1. The number of ether oxygens (including phenoxy) is 3. The van der Waals surface area contributed by atoms with E-state index in [-0.39, 0.29) is 5.60 Å². The summed E-state index contributed by atoms with van der Waals surface area (Å²) < 4.78 is 16.5. The highest BCUT2D eigenvalue weighted by Gasteiger charge is 2.35. The fraction of sp³-hybridized carbons (Fsp3) is 0.381. The van der Waals surface area contributed by atoms with Crippen molar-refractivity contribution < 1.29 is 14.2 Å². The van der Waals surface area contributed by atoms with Crippen molar-refractivity contribution in [3.63, 3.8) is 0 Å². The lowest BCUT2D eigenvalue weighted by atomic mass is 10.1. The summed E-state index contributed by atoms with van der Waals surface area (Å²) in [6.45, 7) is 3.50. The zero-order chi connectivity index (χ0) is 22.3. The molecule has 1 aliphatic rings. The van der Waals surface area contributed by atoms with Gasteiger partial charge in [-0.1, -0.05) is 34.8 Å². The molecular formula is C21H21Cl3N4O3. The van der Waals surface area contributed by atoms with Crippen LogP contribution in [0.5, 0.6) is 11.5 Å². The molecule has 0 amide bonds. The molecule has 3 aromatic rings. The van der Waals surface area contributed by atoms with Crippen LogP contribution in [-0.4, -0.2) is 55.0 Å². The molecule has 0 radical (unpaired) electrons. The van der Waals surface area contributed by atoms with Gasteiger partial charge in [0.05, 0.1) is 47.1 Å². The second kappa shape index (κ2) is 8.47. The molecule has 4 rings (SSSR count). The van der Waals surface area contributed by atoms with E-state index in [1.165, 1.54) is 14.2 Å². The highest BCUT2D eigenvalue weighted by molar-refractivity contribution is 6.41. The maximum atomic E-state index is 6.62. The Morgan fingerprint density at radius 3 is 2.26 bits per heavy atom. The molecule has 0 saturated carbocycles. The largest absolute Gasteiger partial charge is 0.495 e. The van der Waals surface area contributed by atoms with Gasteiger partial charge in [0.15, 0.2) is 5.82 Å². The van der Waals surface area contributed by atoms with Gasteiger partial charge in [0.1, 0.15) is 22.5 Å². The van der Waals surface area contributed by atoms with Gasteiger partial charge in [-0.05, 0) is 19.4 Å². The summed E-state index contributed by atoms with van der Waals surface area (Å²) in [7, 11) is 4.76. The molecule has 3 heterocycles. The first-order valence-electron chi connectivity index (χ1n) is 9.54. The van der Waals surface area contributed by atoms with Gasteiger partial charge in [-0.2, -0.15) is 0 Å². The molecule has 1 saturated heterocycles. The first-order valence-corrected chi connectivity index (χ1v) is 10.7. The van der Waals surface area contributed by atoms with Crippen LogP contribution in [0, 0.1) is 0 Å². The molecule has 1 fully saturated rings. The zero-order valence-corrected chi connectivity index (χ0v) is 19.8. The molecule has 0 N–H and O–H groups in total. The second-order valence-electron chi connectivity index (χ2n) is 7.50. The molecule has 10 heteroatoms. The Morgan fingerprint density at radius 1 is 1.00 bits per heavy atom. The first-order chi connectivity index (χ1) is 14.8. The number of aromatic nitrogens is 3. The topological polar surface area (TPSA) is 69.6 Å². The highest BCUT2D eigenvalue weighted by Crippen LogP contribution is 2.46. The van der Waals surface area contributed by atoms with Crippen LogP contribution in [0.3, 0.4) is 0 Å². The fourth-order valence-corrected chi connectivity index (χ4v) is 4.53. The maximum Gasteiger partial charge on any atom is 0.165 e. The minimum atomic E-state index is -0.275. The molecule has 7 nitrogen and oxygen atoms in total. The molecule has 31 heavy (non-hydrogen) atoms. The summed E-state index contributed by atoms with van der Waals surface area (Å²) in [5.41, 5.74) is 0.763. The lowest BCUT2D eigenvalue weighted by Gasteiger charge is -2.24. The number of hydrogen-bond acceptors (Lipinski definition) is 7. The SMILES string of the molecule is COc1cc(OC)c(Cl)c(-c2nc(N3CCC(C)(OC)C3)c3cc(Cl)ncc3n2)c1Cl. The summed E-state index contributed by atoms with van der Waals surface area (Å²) in [4.78, 5) is 15.9. The molecule has 164 valence electrons. The Labute approximate surface area is 195 Å². The lowest BCUT2D eigenvalue weighted by molar-refractivity contribution is 0.0257. The third kappa shape index (κ3) is 3.96. The van der Waals surface area contributed by atoms with Crippen LogP contribution in [0.2, 0.25) is 15.2 Å². The van der Waals surface area contributed by atoms with Gasteiger partial charge in [0, 0.05) is 31.7 Å². The van der Waals surface area contributed by atoms with Gasteiger partial charge in [-0.3, -0.25) is 0 Å². The van der Waals surface area contributed by atoms with Gasteiger partial charge in [-0.25, -0.2) is 15.0 Å². The Kier molecular flexibility index (Phi) is 6.05. The third-order valence-corrected chi connectivity index (χ3v) is 6.51. The van der Waals surface area contributed by atoms with Crippen molar-refractivity contribution in [2.75, 3.05) is 39.3 Å². The van der Waals surface area contributed by atoms with E-state index in [4.69, 9.17) is 54.0 Å². The van der Waals surface area contributed by atoms with E-state index < -0.39 is 0 Å². The van der Waals surface area contributed by atoms with Crippen LogP contribution in [0.4, 0.5) is 5.82 Å². The lowest BCUT2D eigenvalue weighted by Crippen LogP contribution is -2.32. The normalized spacial score (nSPS) is 18.6. The van der Waals surface area contributed by atoms with Crippen molar-refractivity contribution in [2.45, 2.75) is 18.9 Å². The van der Waals surface area contributed by atoms with Crippen molar-refractivity contribution in [1.82, 2.24) is 15.0 Å². The number of methoxy groups -OCH3 is 3. The molecule has 1 atom stereocenters. The number of nitrogens with zero attached hydrogens (tertiary/aromatic N) is 4. The highest BCUT2D eigenvalue weighted by atomic mass is 35.5. The standard InChI is InChI=1S/C21H21Cl3N4O3/c1-21(31-4)5-6-28(10-21)20-11-7-15(22)25-9-12(11)26-19(27-20)16-17(23)13(29-2)8-14(30-3)18(16)24/h7-9H,5-6,10H2,1-4H3. The Hall–Kier alpha value is -2.06. The van der Waals surface area contributed by atoms with Crippen molar-refractivity contribution >= 4 is 51.5 Å². The van der Waals surface area contributed by atoms with E-state index in [0.29, 0.717) is 56.0 Å². The number of hydrogen-bond donors (Lipinski definition) is 0. The molecular weight excluding hydrogens is 463 g/mol. The minimum Gasteiger partial charge on any atom is -0.495 e. The number of anilines is 1. The van der Waals surface area contributed by atoms with E-state index in [9.17, 15) is 0 Å². The zero-order valence-electron chi connectivity index (χ0n) is 17.5. The van der Waals surface area contributed by atoms with Crippen LogP contribution in [0.25, 0.3) is 22.3 Å². The molecule has 0 bridgehead atoms. The summed E-state index contributed by atoms with van der Waals surface area (Å²) in [5, 5.41) is 1.73. The smallest absolute Gasteiger partial charge is 0.165 e. The summed E-state index contributed by atoms with van der Waals surface area (Å²) in [6, 6.07) is 3.38. The monoisotopic (exact) mass is 482 g/mol. The third-order valence-electron chi connectivity index (χ3n) is 5.55. The summed E-state index contributed by atoms with van der Waals surface area (Å²) in [6.07, 6.45) is 2.47. The maximum absolute atomic E-state index is 6.62. The van der Waals surface area contributed by atoms with Crippen LogP contribution in [0.15, 0.2) is 18.3 Å². The average molecular weight is 484 g/mol. The van der Waals surface area contributed by atoms with Gasteiger partial charge in [0.2, 0.25) is 0 Å². The fourth-order valence-electron chi connectivity index (χ4n) is 3.71. The predicted molar refractivity (Wildman–Crippen MR) is 123 cm³/mol. The van der Waals surface area contributed by atoms with E-state index in [1.54, 1.807) is 25.4 Å². The van der Waals surface area contributed by atoms with E-state index >= 15 is 0 Å². The molecule has 0 spiro atoms. The van der Waals surface area contributed by atoms with Gasteiger partial charge in [0.25, 0.3) is 0 Å². The van der Waals surface area contributed by atoms with Gasteiger partial charge < -0.3 is 19.1 Å².